The molecule has 1 heterocycles. The van der Waals surface area contributed by atoms with Crippen LogP contribution in [0.4, 0.5) is 5.69 Å². The summed E-state index contributed by atoms with van der Waals surface area (Å²) < 4.78 is 5.00. The van der Waals surface area contributed by atoms with Crippen molar-refractivity contribution in [2.24, 2.45) is 0 Å². The molecule has 0 unspecified atom stereocenters. The second-order valence-corrected chi connectivity index (χ2v) is 5.28. The number of hydrogen-bond donors (Lipinski definition) is 1. The van der Waals surface area contributed by atoms with Crippen LogP contribution in [0.15, 0.2) is 24.3 Å². The molecule has 0 fully saturated rings. The van der Waals surface area contributed by atoms with E-state index in [1.165, 1.54) is 5.69 Å². The first kappa shape index (κ1) is 17.0. The molecule has 6 nitrogen and oxygen atoms in total. The molecular weight excluding hydrogens is 292 g/mol. The Kier molecular flexibility index (Phi) is 6.14. The lowest BCUT2D eigenvalue weighted by molar-refractivity contribution is 0.0520. The SMILES string of the molecule is CCCN(CCC)c1ccc(-c2n[nH]nc2C(=O)OCC)cc1. The lowest BCUT2D eigenvalue weighted by Gasteiger charge is -2.23. The van der Waals surface area contributed by atoms with Crippen LogP contribution in [-0.2, 0) is 4.74 Å². The Bertz CT molecular complexity index is 616. The Labute approximate surface area is 136 Å². The molecule has 2 aromatic rings. The standard InChI is InChI=1S/C17H24N4O2/c1-4-11-21(12-5-2)14-9-7-13(8-10-14)15-16(19-20-18-15)17(22)23-6-3/h7-10H,4-6,11-12H2,1-3H3,(H,18,19,20). The topological polar surface area (TPSA) is 71.1 Å². The molecule has 0 saturated heterocycles. The van der Waals surface area contributed by atoms with E-state index in [1.807, 2.05) is 12.1 Å². The number of ether oxygens (including phenoxy) is 1. The van der Waals surface area contributed by atoms with Crippen LogP contribution < -0.4 is 4.90 Å². The second kappa shape index (κ2) is 8.31. The van der Waals surface area contributed by atoms with E-state index in [9.17, 15) is 4.79 Å². The fraction of sp³-hybridized carbons (Fsp3) is 0.471. The molecule has 0 aliphatic heterocycles. The van der Waals surface area contributed by atoms with E-state index >= 15 is 0 Å². The molecular formula is C17H24N4O2. The van der Waals surface area contributed by atoms with E-state index in [4.69, 9.17) is 4.74 Å². The normalized spacial score (nSPS) is 10.6. The number of carbonyl (C=O) groups excluding carboxylic acids is 1. The maximum absolute atomic E-state index is 11.9. The molecule has 1 N–H and O–H groups in total. The fourth-order valence-corrected chi connectivity index (χ4v) is 2.51. The van der Waals surface area contributed by atoms with Crippen molar-refractivity contribution in [1.29, 1.82) is 0 Å². The van der Waals surface area contributed by atoms with Crippen molar-refractivity contribution in [3.8, 4) is 11.3 Å². The first-order chi connectivity index (χ1) is 11.2. The van der Waals surface area contributed by atoms with Crippen molar-refractivity contribution in [2.45, 2.75) is 33.6 Å². The number of benzene rings is 1. The van der Waals surface area contributed by atoms with Gasteiger partial charge in [0, 0.05) is 24.3 Å². The molecule has 2 rings (SSSR count). The highest BCUT2D eigenvalue weighted by Gasteiger charge is 2.19. The summed E-state index contributed by atoms with van der Waals surface area (Å²) >= 11 is 0. The third-order valence-electron chi connectivity index (χ3n) is 3.51. The average Bonchev–Trinajstić information content (AvgIpc) is 3.05. The van der Waals surface area contributed by atoms with Crippen LogP contribution in [-0.4, -0.2) is 41.1 Å². The highest BCUT2D eigenvalue weighted by atomic mass is 16.5. The van der Waals surface area contributed by atoms with Gasteiger partial charge in [-0.15, -0.1) is 5.10 Å². The molecule has 1 aromatic heterocycles. The molecule has 124 valence electrons. The number of anilines is 1. The minimum Gasteiger partial charge on any atom is -0.461 e. The smallest absolute Gasteiger partial charge is 0.361 e. The number of aromatic amines is 1. The van der Waals surface area contributed by atoms with Gasteiger partial charge >= 0.3 is 5.97 Å². The van der Waals surface area contributed by atoms with Crippen molar-refractivity contribution in [3.63, 3.8) is 0 Å². The van der Waals surface area contributed by atoms with Gasteiger partial charge in [0.25, 0.3) is 0 Å². The summed E-state index contributed by atoms with van der Waals surface area (Å²) in [5.74, 6) is -0.459. The summed E-state index contributed by atoms with van der Waals surface area (Å²) in [7, 11) is 0. The summed E-state index contributed by atoms with van der Waals surface area (Å²) in [6, 6.07) is 8.05. The first-order valence-corrected chi connectivity index (χ1v) is 8.14. The largest absolute Gasteiger partial charge is 0.461 e. The van der Waals surface area contributed by atoms with Crippen LogP contribution >= 0.6 is 0 Å². The predicted octanol–water partition coefficient (Wildman–Crippen LogP) is 3.27. The van der Waals surface area contributed by atoms with E-state index in [0.717, 1.165) is 31.5 Å². The number of aromatic nitrogens is 3. The Balaban J connectivity index is 2.23. The van der Waals surface area contributed by atoms with Gasteiger partial charge < -0.3 is 9.64 Å². The molecule has 0 bridgehead atoms. The Morgan fingerprint density at radius 3 is 2.30 bits per heavy atom. The van der Waals surface area contributed by atoms with Crippen molar-refractivity contribution in [2.75, 3.05) is 24.6 Å². The molecule has 0 saturated carbocycles. The number of rotatable bonds is 8. The van der Waals surface area contributed by atoms with Crippen LogP contribution in [0.25, 0.3) is 11.3 Å². The Morgan fingerprint density at radius 2 is 1.74 bits per heavy atom. The van der Waals surface area contributed by atoms with Crippen LogP contribution in [0.5, 0.6) is 0 Å². The highest BCUT2D eigenvalue weighted by Crippen LogP contribution is 2.24. The van der Waals surface area contributed by atoms with Gasteiger partial charge in [-0.05, 0) is 31.9 Å². The highest BCUT2D eigenvalue weighted by molar-refractivity contribution is 5.93. The quantitative estimate of drug-likeness (QED) is 0.757. The number of esters is 1. The van der Waals surface area contributed by atoms with Gasteiger partial charge in [-0.25, -0.2) is 4.79 Å². The third-order valence-corrected chi connectivity index (χ3v) is 3.51. The molecule has 0 amide bonds. The first-order valence-electron chi connectivity index (χ1n) is 8.14. The third kappa shape index (κ3) is 4.09. The Morgan fingerprint density at radius 1 is 1.09 bits per heavy atom. The van der Waals surface area contributed by atoms with Crippen LogP contribution in [0.2, 0.25) is 0 Å². The molecule has 0 spiro atoms. The number of nitrogens with zero attached hydrogens (tertiary/aromatic N) is 3. The molecule has 0 atom stereocenters. The number of hydrogen-bond acceptors (Lipinski definition) is 5. The van der Waals surface area contributed by atoms with Crippen molar-refractivity contribution in [1.82, 2.24) is 15.4 Å². The Hall–Kier alpha value is -2.37. The van der Waals surface area contributed by atoms with Crippen LogP contribution in [0.3, 0.4) is 0 Å². The van der Waals surface area contributed by atoms with E-state index in [0.29, 0.717) is 12.3 Å². The molecule has 6 heteroatoms. The maximum atomic E-state index is 11.9. The summed E-state index contributed by atoms with van der Waals surface area (Å²) in [4.78, 5) is 14.3. The van der Waals surface area contributed by atoms with Crippen LogP contribution in [0.1, 0.15) is 44.1 Å². The molecule has 0 aliphatic carbocycles. The molecule has 0 radical (unpaired) electrons. The molecule has 1 aromatic carbocycles. The lowest BCUT2D eigenvalue weighted by atomic mass is 10.1. The molecule has 23 heavy (non-hydrogen) atoms. The minimum atomic E-state index is -0.459. The summed E-state index contributed by atoms with van der Waals surface area (Å²) in [5, 5.41) is 10.5. The zero-order chi connectivity index (χ0) is 16.7. The van der Waals surface area contributed by atoms with E-state index in [1.54, 1.807) is 6.92 Å². The minimum absolute atomic E-state index is 0.221. The van der Waals surface area contributed by atoms with Gasteiger partial charge in [0.15, 0.2) is 5.69 Å². The molecule has 0 aliphatic rings. The maximum Gasteiger partial charge on any atom is 0.361 e. The van der Waals surface area contributed by atoms with Gasteiger partial charge in [-0.1, -0.05) is 26.0 Å². The number of nitrogens with one attached hydrogen (secondary N) is 1. The van der Waals surface area contributed by atoms with Gasteiger partial charge in [0.1, 0.15) is 5.69 Å². The summed E-state index contributed by atoms with van der Waals surface area (Å²) in [6.07, 6.45) is 2.22. The van der Waals surface area contributed by atoms with E-state index in [2.05, 4.69) is 46.3 Å². The summed E-state index contributed by atoms with van der Waals surface area (Å²) in [5.41, 5.74) is 2.77. The second-order valence-electron chi connectivity index (χ2n) is 5.28. The van der Waals surface area contributed by atoms with Crippen molar-refractivity contribution in [3.05, 3.63) is 30.0 Å². The predicted molar refractivity (Wildman–Crippen MR) is 90.6 cm³/mol. The van der Waals surface area contributed by atoms with Gasteiger partial charge in [-0.2, -0.15) is 10.3 Å². The van der Waals surface area contributed by atoms with Gasteiger partial charge in [0.05, 0.1) is 6.61 Å². The van der Waals surface area contributed by atoms with Crippen molar-refractivity contribution >= 4 is 11.7 Å². The monoisotopic (exact) mass is 316 g/mol. The van der Waals surface area contributed by atoms with E-state index in [-0.39, 0.29) is 5.69 Å². The fourth-order valence-electron chi connectivity index (χ4n) is 2.51. The van der Waals surface area contributed by atoms with E-state index < -0.39 is 5.97 Å². The average molecular weight is 316 g/mol. The van der Waals surface area contributed by atoms with Crippen molar-refractivity contribution < 1.29 is 9.53 Å². The van der Waals surface area contributed by atoms with Crippen LogP contribution in [0, 0.1) is 0 Å². The number of carbonyl (C=O) groups is 1. The van der Waals surface area contributed by atoms with Gasteiger partial charge in [0.2, 0.25) is 0 Å². The lowest BCUT2D eigenvalue weighted by Crippen LogP contribution is -2.24. The number of H-pyrrole nitrogens is 1. The zero-order valence-corrected chi connectivity index (χ0v) is 14.0. The van der Waals surface area contributed by atoms with Gasteiger partial charge in [-0.3, -0.25) is 0 Å². The summed E-state index contributed by atoms with van der Waals surface area (Å²) in [6.45, 7) is 8.50. The zero-order valence-electron chi connectivity index (χ0n) is 14.0.